The zero-order chi connectivity index (χ0) is 11.1. The first-order valence-corrected chi connectivity index (χ1v) is 5.19. The van der Waals surface area contributed by atoms with Gasteiger partial charge in [0, 0.05) is 12.6 Å². The van der Waals surface area contributed by atoms with Crippen LogP contribution in [0.3, 0.4) is 0 Å². The summed E-state index contributed by atoms with van der Waals surface area (Å²) in [5, 5.41) is 12.6. The predicted molar refractivity (Wildman–Crippen MR) is 60.2 cm³/mol. The molecule has 0 radical (unpaired) electrons. The lowest BCUT2D eigenvalue weighted by atomic mass is 10.2. The van der Waals surface area contributed by atoms with Crippen molar-refractivity contribution in [3.63, 3.8) is 0 Å². The Morgan fingerprint density at radius 1 is 1.53 bits per heavy atom. The molecule has 0 aliphatic heterocycles. The van der Waals surface area contributed by atoms with E-state index in [-0.39, 0.29) is 6.10 Å². The van der Waals surface area contributed by atoms with Gasteiger partial charge in [-0.1, -0.05) is 19.4 Å². The van der Waals surface area contributed by atoms with Gasteiger partial charge in [-0.05, 0) is 12.5 Å². The maximum absolute atomic E-state index is 9.52. The monoisotopic (exact) mass is 210 g/mol. The molecule has 4 heteroatoms. The fourth-order valence-electron chi connectivity index (χ4n) is 1.28. The van der Waals surface area contributed by atoms with E-state index in [0.29, 0.717) is 12.4 Å². The largest absolute Gasteiger partial charge is 0.481 e. The average Bonchev–Trinajstić information content (AvgIpc) is 2.27. The molecule has 1 aromatic rings. The highest BCUT2D eigenvalue weighted by Crippen LogP contribution is 2.10. The van der Waals surface area contributed by atoms with Crippen molar-refractivity contribution in [3.05, 3.63) is 18.2 Å². The Bertz CT molecular complexity index is 292. The average molecular weight is 210 g/mol. The van der Waals surface area contributed by atoms with E-state index in [9.17, 15) is 5.11 Å². The van der Waals surface area contributed by atoms with Crippen LogP contribution >= 0.6 is 0 Å². The minimum atomic E-state index is -0.317. The van der Waals surface area contributed by atoms with Crippen LogP contribution in [-0.4, -0.2) is 29.8 Å². The van der Waals surface area contributed by atoms with Crippen molar-refractivity contribution in [3.8, 4) is 5.88 Å². The van der Waals surface area contributed by atoms with Gasteiger partial charge in [0.1, 0.15) is 5.82 Å². The van der Waals surface area contributed by atoms with Gasteiger partial charge in [0.05, 0.1) is 13.2 Å². The lowest BCUT2D eigenvalue weighted by molar-refractivity contribution is 0.176. The first-order valence-electron chi connectivity index (χ1n) is 5.19. The Morgan fingerprint density at radius 2 is 2.33 bits per heavy atom. The number of hydrogen-bond acceptors (Lipinski definition) is 4. The topological polar surface area (TPSA) is 54.4 Å². The molecule has 0 aliphatic rings. The van der Waals surface area contributed by atoms with Crippen LogP contribution in [0.25, 0.3) is 0 Å². The fraction of sp³-hybridized carbons (Fsp3) is 0.545. The molecule has 0 aromatic carbocycles. The van der Waals surface area contributed by atoms with E-state index in [2.05, 4.69) is 10.3 Å². The van der Waals surface area contributed by atoms with Gasteiger partial charge in [-0.25, -0.2) is 0 Å². The van der Waals surface area contributed by atoms with Crippen LogP contribution < -0.4 is 10.1 Å². The summed E-state index contributed by atoms with van der Waals surface area (Å²) in [6.07, 6.45) is 1.47. The molecule has 15 heavy (non-hydrogen) atoms. The summed E-state index contributed by atoms with van der Waals surface area (Å²) < 4.78 is 5.00. The summed E-state index contributed by atoms with van der Waals surface area (Å²) in [5.74, 6) is 1.30. The first kappa shape index (κ1) is 11.8. The van der Waals surface area contributed by atoms with Crippen molar-refractivity contribution in [1.82, 2.24) is 4.98 Å². The van der Waals surface area contributed by atoms with Gasteiger partial charge >= 0.3 is 0 Å². The van der Waals surface area contributed by atoms with Gasteiger partial charge in [-0.3, -0.25) is 0 Å². The van der Waals surface area contributed by atoms with Crippen molar-refractivity contribution in [2.24, 2.45) is 0 Å². The smallest absolute Gasteiger partial charge is 0.214 e. The summed E-state index contributed by atoms with van der Waals surface area (Å²) >= 11 is 0. The molecule has 4 nitrogen and oxygen atoms in total. The molecule has 1 atom stereocenters. The molecule has 84 valence electrons. The van der Waals surface area contributed by atoms with Gasteiger partial charge in [-0.15, -0.1) is 0 Å². The molecule has 0 bridgehead atoms. The van der Waals surface area contributed by atoms with Crippen LogP contribution in [0.4, 0.5) is 5.82 Å². The van der Waals surface area contributed by atoms with Crippen LogP contribution in [0.1, 0.15) is 19.8 Å². The Hall–Kier alpha value is -1.29. The molecule has 1 heterocycles. The standard InChI is InChI=1S/C11H18N2O2/c1-3-5-9(14)8-12-10-6-4-7-11(13-10)15-2/h4,6-7,9,14H,3,5,8H2,1-2H3,(H,12,13). The quantitative estimate of drug-likeness (QED) is 0.749. The van der Waals surface area contributed by atoms with Crippen LogP contribution in [-0.2, 0) is 0 Å². The maximum atomic E-state index is 9.52. The second kappa shape index (κ2) is 6.24. The predicted octanol–water partition coefficient (Wildman–Crippen LogP) is 1.66. The summed E-state index contributed by atoms with van der Waals surface area (Å²) in [4.78, 5) is 4.18. The highest BCUT2D eigenvalue weighted by molar-refractivity contribution is 5.37. The van der Waals surface area contributed by atoms with Gasteiger partial charge in [0.25, 0.3) is 0 Å². The third-order valence-electron chi connectivity index (χ3n) is 2.07. The molecule has 0 fully saturated rings. The van der Waals surface area contributed by atoms with Crippen LogP contribution in [0, 0.1) is 0 Å². The van der Waals surface area contributed by atoms with E-state index in [0.717, 1.165) is 18.7 Å². The number of rotatable bonds is 6. The number of aromatic nitrogens is 1. The van der Waals surface area contributed by atoms with Gasteiger partial charge in [-0.2, -0.15) is 4.98 Å². The summed E-state index contributed by atoms with van der Waals surface area (Å²) in [5.41, 5.74) is 0. The van der Waals surface area contributed by atoms with Crippen LogP contribution in [0.2, 0.25) is 0 Å². The van der Waals surface area contributed by atoms with E-state index >= 15 is 0 Å². The molecule has 0 saturated carbocycles. The molecule has 1 rings (SSSR count). The van der Waals surface area contributed by atoms with Crippen LogP contribution in [0.5, 0.6) is 5.88 Å². The molecular formula is C11H18N2O2. The highest BCUT2D eigenvalue weighted by atomic mass is 16.5. The normalized spacial score (nSPS) is 12.2. The summed E-state index contributed by atoms with van der Waals surface area (Å²) in [6.45, 7) is 2.57. The number of ether oxygens (including phenoxy) is 1. The first-order chi connectivity index (χ1) is 7.26. The van der Waals surface area contributed by atoms with Gasteiger partial charge in [0.15, 0.2) is 0 Å². The second-order valence-electron chi connectivity index (χ2n) is 3.39. The van der Waals surface area contributed by atoms with Crippen molar-refractivity contribution < 1.29 is 9.84 Å². The molecular weight excluding hydrogens is 192 g/mol. The molecule has 0 aliphatic carbocycles. The number of nitrogens with one attached hydrogen (secondary N) is 1. The number of aliphatic hydroxyl groups is 1. The highest BCUT2D eigenvalue weighted by Gasteiger charge is 2.03. The minimum absolute atomic E-state index is 0.317. The summed E-state index contributed by atoms with van der Waals surface area (Å²) in [7, 11) is 1.58. The zero-order valence-corrected chi connectivity index (χ0v) is 9.23. The molecule has 0 saturated heterocycles. The molecule has 2 N–H and O–H groups in total. The number of anilines is 1. The Morgan fingerprint density at radius 3 is 3.00 bits per heavy atom. The third kappa shape index (κ3) is 4.16. The van der Waals surface area contributed by atoms with E-state index in [1.165, 1.54) is 0 Å². The zero-order valence-electron chi connectivity index (χ0n) is 9.23. The molecule has 1 unspecified atom stereocenters. The Balaban J connectivity index is 2.43. The Kier molecular flexibility index (Phi) is 4.90. The molecule has 1 aromatic heterocycles. The number of nitrogens with zero attached hydrogens (tertiary/aromatic N) is 1. The number of aliphatic hydroxyl groups excluding tert-OH is 1. The SMILES string of the molecule is CCCC(O)CNc1cccc(OC)n1. The van der Waals surface area contributed by atoms with E-state index in [4.69, 9.17) is 4.74 Å². The molecule has 0 spiro atoms. The molecule has 0 amide bonds. The second-order valence-corrected chi connectivity index (χ2v) is 3.39. The number of methoxy groups -OCH3 is 1. The third-order valence-corrected chi connectivity index (χ3v) is 2.07. The van der Waals surface area contributed by atoms with E-state index in [1.807, 2.05) is 19.1 Å². The van der Waals surface area contributed by atoms with Crippen molar-refractivity contribution in [1.29, 1.82) is 0 Å². The lowest BCUT2D eigenvalue weighted by Gasteiger charge is -2.11. The number of hydrogen-bond donors (Lipinski definition) is 2. The van der Waals surface area contributed by atoms with E-state index < -0.39 is 0 Å². The van der Waals surface area contributed by atoms with Gasteiger partial charge in [0.2, 0.25) is 5.88 Å². The maximum Gasteiger partial charge on any atom is 0.214 e. The van der Waals surface area contributed by atoms with Crippen molar-refractivity contribution in [2.45, 2.75) is 25.9 Å². The summed E-state index contributed by atoms with van der Waals surface area (Å²) in [6, 6.07) is 5.50. The lowest BCUT2D eigenvalue weighted by Crippen LogP contribution is -2.19. The fourth-order valence-corrected chi connectivity index (χ4v) is 1.28. The van der Waals surface area contributed by atoms with Crippen molar-refractivity contribution >= 4 is 5.82 Å². The van der Waals surface area contributed by atoms with Gasteiger partial charge < -0.3 is 15.2 Å². The minimum Gasteiger partial charge on any atom is -0.481 e. The number of pyridine rings is 1. The Labute approximate surface area is 90.3 Å². The van der Waals surface area contributed by atoms with Crippen molar-refractivity contribution in [2.75, 3.05) is 19.0 Å². The van der Waals surface area contributed by atoms with Crippen LogP contribution in [0.15, 0.2) is 18.2 Å². The van der Waals surface area contributed by atoms with E-state index in [1.54, 1.807) is 13.2 Å².